The molecule has 0 aromatic rings. The third-order valence-electron chi connectivity index (χ3n) is 4.97. The van der Waals surface area contributed by atoms with Crippen molar-refractivity contribution in [3.63, 3.8) is 0 Å². The average Bonchev–Trinajstić information content (AvgIpc) is 2.72. The number of ketones is 2. The highest BCUT2D eigenvalue weighted by Crippen LogP contribution is 2.40. The number of Topliss-reactive ketones (excluding diaryl/α,β-unsaturated/α-hetero) is 2. The summed E-state index contributed by atoms with van der Waals surface area (Å²) in [6, 6.07) is 0. The standard InChI is InChI=1S/C21H36O4/c1-12(2)7-9-15-18(16(22)10-8-13(3)4)21(25)19(20(15)24)17(23)11-14(5)6/h12-16,18,22,24H,7-11H2,1-6H3/t15-,16+,18-/m0/s1. The van der Waals surface area contributed by atoms with Gasteiger partial charge in [0.1, 0.15) is 5.76 Å². The molecule has 0 saturated carbocycles. The van der Waals surface area contributed by atoms with Crippen LogP contribution in [0.5, 0.6) is 0 Å². The van der Waals surface area contributed by atoms with E-state index in [0.29, 0.717) is 24.7 Å². The largest absolute Gasteiger partial charge is 0.511 e. The second-order valence-corrected chi connectivity index (χ2v) is 8.79. The highest BCUT2D eigenvalue weighted by atomic mass is 16.3. The fourth-order valence-corrected chi connectivity index (χ4v) is 3.54. The molecule has 0 aromatic carbocycles. The third-order valence-corrected chi connectivity index (χ3v) is 4.97. The van der Waals surface area contributed by atoms with Gasteiger partial charge in [0.05, 0.1) is 17.6 Å². The summed E-state index contributed by atoms with van der Waals surface area (Å²) in [5, 5.41) is 21.3. The Balaban J connectivity index is 3.05. The summed E-state index contributed by atoms with van der Waals surface area (Å²) in [7, 11) is 0. The van der Waals surface area contributed by atoms with E-state index in [2.05, 4.69) is 27.7 Å². The van der Waals surface area contributed by atoms with Crippen LogP contribution in [-0.4, -0.2) is 27.9 Å². The normalized spacial score (nSPS) is 22.6. The lowest BCUT2D eigenvalue weighted by atomic mass is 9.81. The number of carbonyl (C=O) groups excluding carboxylic acids is 2. The van der Waals surface area contributed by atoms with E-state index in [1.165, 1.54) is 0 Å². The van der Waals surface area contributed by atoms with Crippen molar-refractivity contribution in [2.24, 2.45) is 29.6 Å². The van der Waals surface area contributed by atoms with Crippen LogP contribution < -0.4 is 0 Å². The van der Waals surface area contributed by atoms with Crippen LogP contribution in [0.1, 0.15) is 73.6 Å². The molecule has 0 spiro atoms. The Hall–Kier alpha value is -1.16. The third kappa shape index (κ3) is 5.95. The minimum Gasteiger partial charge on any atom is -0.511 e. The number of allylic oxidation sites excluding steroid dienone is 2. The van der Waals surface area contributed by atoms with E-state index in [9.17, 15) is 19.8 Å². The summed E-state index contributed by atoms with van der Waals surface area (Å²) in [6.45, 7) is 12.2. The van der Waals surface area contributed by atoms with Crippen molar-refractivity contribution >= 4 is 11.6 Å². The smallest absolute Gasteiger partial charge is 0.176 e. The molecule has 0 unspecified atom stereocenters. The van der Waals surface area contributed by atoms with Gasteiger partial charge in [0.25, 0.3) is 0 Å². The molecule has 1 aliphatic rings. The van der Waals surface area contributed by atoms with Crippen LogP contribution in [0.15, 0.2) is 11.3 Å². The Morgan fingerprint density at radius 3 is 2.00 bits per heavy atom. The lowest BCUT2D eigenvalue weighted by Crippen LogP contribution is -2.32. The highest BCUT2D eigenvalue weighted by molar-refractivity contribution is 6.23. The number of aliphatic hydroxyl groups excluding tert-OH is 2. The maximum absolute atomic E-state index is 12.9. The molecule has 0 saturated heterocycles. The van der Waals surface area contributed by atoms with Crippen LogP contribution in [0.25, 0.3) is 0 Å². The van der Waals surface area contributed by atoms with Gasteiger partial charge in [-0.2, -0.15) is 0 Å². The topological polar surface area (TPSA) is 74.6 Å². The first-order valence-electron chi connectivity index (χ1n) is 9.74. The summed E-state index contributed by atoms with van der Waals surface area (Å²) < 4.78 is 0. The molecule has 0 aromatic heterocycles. The van der Waals surface area contributed by atoms with Crippen LogP contribution >= 0.6 is 0 Å². The molecule has 3 atom stereocenters. The zero-order valence-electron chi connectivity index (χ0n) is 16.7. The van der Waals surface area contributed by atoms with Crippen molar-refractivity contribution in [3.8, 4) is 0 Å². The van der Waals surface area contributed by atoms with Crippen molar-refractivity contribution < 1.29 is 19.8 Å². The first-order valence-corrected chi connectivity index (χ1v) is 9.74. The van der Waals surface area contributed by atoms with Crippen molar-refractivity contribution in [2.75, 3.05) is 0 Å². The van der Waals surface area contributed by atoms with Gasteiger partial charge >= 0.3 is 0 Å². The summed E-state index contributed by atoms with van der Waals surface area (Å²) in [6.07, 6.45) is 2.25. The van der Waals surface area contributed by atoms with Crippen LogP contribution in [0, 0.1) is 29.6 Å². The summed E-state index contributed by atoms with van der Waals surface area (Å²) in [5.41, 5.74) is -0.0453. The fourth-order valence-electron chi connectivity index (χ4n) is 3.54. The molecule has 0 fully saturated rings. The maximum atomic E-state index is 12.9. The Kier molecular flexibility index (Phi) is 8.33. The van der Waals surface area contributed by atoms with E-state index in [0.717, 1.165) is 12.8 Å². The minimum atomic E-state index is -0.807. The van der Waals surface area contributed by atoms with Gasteiger partial charge < -0.3 is 10.2 Å². The highest BCUT2D eigenvalue weighted by Gasteiger charge is 2.47. The SMILES string of the molecule is CC(C)CC[C@@H](O)[C@H]1C(=O)C(C(=O)CC(C)C)=C(O)[C@H]1CCC(C)C. The first kappa shape index (κ1) is 21.9. The minimum absolute atomic E-state index is 0.0453. The molecular formula is C21H36O4. The molecule has 1 rings (SSSR count). The lowest BCUT2D eigenvalue weighted by Gasteiger charge is -2.25. The molecule has 0 radical (unpaired) electrons. The molecule has 2 N–H and O–H groups in total. The van der Waals surface area contributed by atoms with E-state index in [-0.39, 0.29) is 35.2 Å². The predicted octanol–water partition coefficient (Wildman–Crippen LogP) is 4.46. The summed E-state index contributed by atoms with van der Waals surface area (Å²) >= 11 is 0. The molecular weight excluding hydrogens is 316 g/mol. The first-order chi connectivity index (χ1) is 11.6. The molecule has 0 heterocycles. The molecule has 0 bridgehead atoms. The van der Waals surface area contributed by atoms with Crippen LogP contribution in [-0.2, 0) is 9.59 Å². The molecule has 4 nitrogen and oxygen atoms in total. The van der Waals surface area contributed by atoms with E-state index < -0.39 is 17.9 Å². The Labute approximate surface area is 152 Å². The number of hydrogen-bond acceptors (Lipinski definition) is 4. The molecule has 0 amide bonds. The van der Waals surface area contributed by atoms with Crippen molar-refractivity contribution in [3.05, 3.63) is 11.3 Å². The zero-order chi connectivity index (χ0) is 19.3. The Morgan fingerprint density at radius 2 is 1.52 bits per heavy atom. The van der Waals surface area contributed by atoms with Gasteiger partial charge in [0.2, 0.25) is 0 Å². The van der Waals surface area contributed by atoms with Gasteiger partial charge in [-0.05, 0) is 37.0 Å². The Bertz CT molecular complexity index is 502. The van der Waals surface area contributed by atoms with Gasteiger partial charge in [-0.25, -0.2) is 0 Å². The quantitative estimate of drug-likeness (QED) is 0.569. The average molecular weight is 353 g/mol. The van der Waals surface area contributed by atoms with Crippen molar-refractivity contribution in [1.82, 2.24) is 0 Å². The van der Waals surface area contributed by atoms with E-state index in [1.807, 2.05) is 13.8 Å². The van der Waals surface area contributed by atoms with Gasteiger partial charge in [-0.1, -0.05) is 48.0 Å². The lowest BCUT2D eigenvalue weighted by molar-refractivity contribution is -0.126. The molecule has 4 heteroatoms. The number of rotatable bonds is 10. The van der Waals surface area contributed by atoms with Crippen LogP contribution in [0.4, 0.5) is 0 Å². The van der Waals surface area contributed by atoms with E-state index in [4.69, 9.17) is 0 Å². The zero-order valence-corrected chi connectivity index (χ0v) is 16.7. The van der Waals surface area contributed by atoms with Crippen LogP contribution in [0.2, 0.25) is 0 Å². The second-order valence-electron chi connectivity index (χ2n) is 8.79. The molecule has 0 aliphatic heterocycles. The Morgan fingerprint density at radius 1 is 0.960 bits per heavy atom. The van der Waals surface area contributed by atoms with Gasteiger partial charge in [0, 0.05) is 12.3 Å². The number of hydrogen-bond donors (Lipinski definition) is 2. The van der Waals surface area contributed by atoms with Gasteiger partial charge in [-0.15, -0.1) is 0 Å². The summed E-state index contributed by atoms with van der Waals surface area (Å²) in [4.78, 5) is 25.4. The second kappa shape index (κ2) is 9.51. The summed E-state index contributed by atoms with van der Waals surface area (Å²) in [5.74, 6) is -0.828. The maximum Gasteiger partial charge on any atom is 0.176 e. The van der Waals surface area contributed by atoms with Gasteiger partial charge in [0.15, 0.2) is 11.6 Å². The number of carbonyl (C=O) groups is 2. The monoisotopic (exact) mass is 352 g/mol. The number of aliphatic hydroxyl groups is 2. The van der Waals surface area contributed by atoms with E-state index >= 15 is 0 Å². The van der Waals surface area contributed by atoms with Crippen LogP contribution in [0.3, 0.4) is 0 Å². The fraction of sp³-hybridized carbons (Fsp3) is 0.810. The molecule has 25 heavy (non-hydrogen) atoms. The van der Waals surface area contributed by atoms with E-state index in [1.54, 1.807) is 0 Å². The van der Waals surface area contributed by atoms with Gasteiger partial charge in [-0.3, -0.25) is 9.59 Å². The molecule has 1 aliphatic carbocycles. The predicted molar refractivity (Wildman–Crippen MR) is 100 cm³/mol. The van der Waals surface area contributed by atoms with Crippen molar-refractivity contribution in [1.29, 1.82) is 0 Å². The van der Waals surface area contributed by atoms with Crippen molar-refractivity contribution in [2.45, 2.75) is 79.8 Å². The molecule has 144 valence electrons.